The second-order valence-electron chi connectivity index (χ2n) is 10.4. The number of benzene rings is 2. The second kappa shape index (κ2) is 11.5. The Morgan fingerprint density at radius 1 is 0.879 bits per heavy atom. The summed E-state index contributed by atoms with van der Waals surface area (Å²) in [5.74, 6) is 2.58. The first-order valence-electron chi connectivity index (χ1n) is 13.2. The smallest absolute Gasteiger partial charge is 0.167 e. The van der Waals surface area contributed by atoms with E-state index in [9.17, 15) is 8.78 Å². The third-order valence-electron chi connectivity index (χ3n) is 8.50. The summed E-state index contributed by atoms with van der Waals surface area (Å²) >= 11 is 0. The number of hydrogen-bond acceptors (Lipinski definition) is 1. The second-order valence-corrected chi connectivity index (χ2v) is 10.4. The van der Waals surface area contributed by atoms with Crippen LogP contribution in [0, 0.1) is 35.3 Å². The van der Waals surface area contributed by atoms with Gasteiger partial charge in [0.05, 0.1) is 0 Å². The largest absolute Gasteiger partial charge is 0.490 e. The Labute approximate surface area is 198 Å². The molecule has 0 aromatic heterocycles. The molecule has 0 N–H and O–H groups in total. The number of ether oxygens (including phenoxy) is 1. The molecule has 2 aliphatic carbocycles. The number of rotatable bonds is 8. The van der Waals surface area contributed by atoms with E-state index in [0.29, 0.717) is 35.6 Å². The lowest BCUT2D eigenvalue weighted by Crippen LogP contribution is -2.25. The van der Waals surface area contributed by atoms with Gasteiger partial charge >= 0.3 is 0 Å². The van der Waals surface area contributed by atoms with Crippen LogP contribution in [0.5, 0.6) is 5.75 Å². The van der Waals surface area contributed by atoms with Crippen molar-refractivity contribution >= 4 is 10.8 Å². The predicted octanol–water partition coefficient (Wildman–Crippen LogP) is 9.03. The van der Waals surface area contributed by atoms with Gasteiger partial charge in [0.15, 0.2) is 11.6 Å². The van der Waals surface area contributed by atoms with E-state index >= 15 is 0 Å². The van der Waals surface area contributed by atoms with Crippen LogP contribution in [-0.4, -0.2) is 6.61 Å². The van der Waals surface area contributed by atoms with Crippen LogP contribution in [-0.2, 0) is 6.42 Å². The topological polar surface area (TPSA) is 9.23 Å². The van der Waals surface area contributed by atoms with Gasteiger partial charge in [-0.3, -0.25) is 0 Å². The van der Waals surface area contributed by atoms with E-state index in [1.54, 1.807) is 6.07 Å². The summed E-state index contributed by atoms with van der Waals surface area (Å²) in [4.78, 5) is 0. The molecule has 0 saturated heterocycles. The van der Waals surface area contributed by atoms with Crippen LogP contribution in [0.3, 0.4) is 0 Å². The molecule has 0 aliphatic heterocycles. The van der Waals surface area contributed by atoms with E-state index < -0.39 is 11.6 Å². The molecule has 33 heavy (non-hydrogen) atoms. The molecule has 2 saturated carbocycles. The zero-order chi connectivity index (χ0) is 23.2. The molecule has 180 valence electrons. The van der Waals surface area contributed by atoms with Crippen LogP contribution < -0.4 is 4.74 Å². The van der Waals surface area contributed by atoms with Gasteiger partial charge in [-0.25, -0.2) is 8.78 Å². The highest BCUT2D eigenvalue weighted by atomic mass is 19.2. The molecule has 0 bridgehead atoms. The first kappa shape index (κ1) is 24.2. The van der Waals surface area contributed by atoms with Crippen molar-refractivity contribution in [3.05, 3.63) is 53.6 Å². The monoisotopic (exact) mass is 454 g/mol. The average molecular weight is 455 g/mol. The highest BCUT2D eigenvalue weighted by molar-refractivity contribution is 5.85. The molecule has 0 radical (unpaired) electrons. The molecule has 3 heteroatoms. The van der Waals surface area contributed by atoms with Gasteiger partial charge < -0.3 is 4.74 Å². The first-order chi connectivity index (χ1) is 16.1. The van der Waals surface area contributed by atoms with Gasteiger partial charge in [-0.05, 0) is 98.3 Å². The molecule has 0 unspecified atom stereocenters. The highest BCUT2D eigenvalue weighted by Crippen LogP contribution is 2.43. The van der Waals surface area contributed by atoms with Crippen LogP contribution in [0.4, 0.5) is 8.78 Å². The lowest BCUT2D eigenvalue weighted by Gasteiger charge is -2.37. The molecule has 2 aromatic carbocycles. The highest BCUT2D eigenvalue weighted by Gasteiger charge is 2.30. The van der Waals surface area contributed by atoms with Crippen molar-refractivity contribution in [1.82, 2.24) is 0 Å². The molecule has 0 atom stereocenters. The normalized spacial score (nSPS) is 26.2. The Bertz CT molecular complexity index is 934. The van der Waals surface area contributed by atoms with E-state index in [2.05, 4.69) is 6.92 Å². The van der Waals surface area contributed by atoms with Crippen molar-refractivity contribution in [2.75, 3.05) is 6.61 Å². The van der Waals surface area contributed by atoms with Gasteiger partial charge in [-0.1, -0.05) is 57.2 Å². The summed E-state index contributed by atoms with van der Waals surface area (Å²) in [5.41, 5.74) is 0.516. The average Bonchev–Trinajstić information content (AvgIpc) is 2.86. The standard InChI is InChI=1S/C30H40F2O/c1-3-5-18-33-27-17-16-25-19-26(29(31)30(32)28(25)20-27)15-10-22-8-13-24(14-9-22)23-11-6-21(4-2)7-12-23/h3,5,16-17,19-24H,4,6-15,18H2,1-2H3. The summed E-state index contributed by atoms with van der Waals surface area (Å²) in [6, 6.07) is 7.12. The molecule has 1 nitrogen and oxygen atoms in total. The third-order valence-corrected chi connectivity index (χ3v) is 8.50. The molecule has 0 amide bonds. The van der Waals surface area contributed by atoms with Gasteiger partial charge in [0.25, 0.3) is 0 Å². The minimum atomic E-state index is -0.745. The van der Waals surface area contributed by atoms with Crippen molar-refractivity contribution in [2.45, 2.75) is 84.5 Å². The molecule has 2 aromatic rings. The fourth-order valence-electron chi connectivity index (χ4n) is 6.25. The van der Waals surface area contributed by atoms with E-state index in [1.807, 2.05) is 37.3 Å². The Balaban J connectivity index is 1.32. The third kappa shape index (κ3) is 5.97. The molecule has 2 aliphatic rings. The summed E-state index contributed by atoms with van der Waals surface area (Å²) < 4.78 is 35.3. The van der Waals surface area contributed by atoms with Crippen LogP contribution in [0.15, 0.2) is 36.4 Å². The fourth-order valence-corrected chi connectivity index (χ4v) is 6.25. The van der Waals surface area contributed by atoms with Crippen LogP contribution >= 0.6 is 0 Å². The fraction of sp³-hybridized carbons (Fsp3) is 0.600. The zero-order valence-corrected chi connectivity index (χ0v) is 20.4. The van der Waals surface area contributed by atoms with Crippen molar-refractivity contribution in [3.63, 3.8) is 0 Å². The van der Waals surface area contributed by atoms with Crippen LogP contribution in [0.1, 0.15) is 83.6 Å². The van der Waals surface area contributed by atoms with Crippen molar-refractivity contribution in [1.29, 1.82) is 0 Å². The van der Waals surface area contributed by atoms with Crippen molar-refractivity contribution in [2.24, 2.45) is 23.7 Å². The maximum atomic E-state index is 14.9. The zero-order valence-electron chi connectivity index (χ0n) is 20.4. The van der Waals surface area contributed by atoms with Crippen molar-refractivity contribution in [3.8, 4) is 5.75 Å². The summed E-state index contributed by atoms with van der Waals surface area (Å²) in [7, 11) is 0. The Morgan fingerprint density at radius 3 is 2.18 bits per heavy atom. The number of allylic oxidation sites excluding steroid dienone is 1. The van der Waals surface area contributed by atoms with Gasteiger partial charge in [0, 0.05) is 5.39 Å². The maximum Gasteiger partial charge on any atom is 0.167 e. The SMILES string of the molecule is CC=CCOc1ccc2cc(CCC3CCC(C4CCC(CC)CC4)CC3)c(F)c(F)c2c1. The quantitative estimate of drug-likeness (QED) is 0.362. The minimum Gasteiger partial charge on any atom is -0.490 e. The summed E-state index contributed by atoms with van der Waals surface area (Å²) in [6.07, 6.45) is 17.6. The molecule has 4 rings (SSSR count). The summed E-state index contributed by atoms with van der Waals surface area (Å²) in [6.45, 7) is 4.68. The Morgan fingerprint density at radius 2 is 1.55 bits per heavy atom. The molecular weight excluding hydrogens is 414 g/mol. The van der Waals surface area contributed by atoms with Crippen LogP contribution in [0.25, 0.3) is 10.8 Å². The number of fused-ring (bicyclic) bond motifs is 1. The van der Waals surface area contributed by atoms with Crippen LogP contribution in [0.2, 0.25) is 0 Å². The predicted molar refractivity (Wildman–Crippen MR) is 134 cm³/mol. The van der Waals surface area contributed by atoms with E-state index in [4.69, 9.17) is 4.74 Å². The first-order valence-corrected chi connectivity index (χ1v) is 13.2. The minimum absolute atomic E-state index is 0.299. The van der Waals surface area contributed by atoms with Gasteiger partial charge in [0.1, 0.15) is 12.4 Å². The molecule has 0 spiro atoms. The van der Waals surface area contributed by atoms with Crippen molar-refractivity contribution < 1.29 is 13.5 Å². The number of halogens is 2. The van der Waals surface area contributed by atoms with Gasteiger partial charge in [-0.2, -0.15) is 0 Å². The Hall–Kier alpha value is -1.90. The number of hydrogen-bond donors (Lipinski definition) is 0. The van der Waals surface area contributed by atoms with Gasteiger partial charge in [0.2, 0.25) is 0 Å². The molecule has 2 fully saturated rings. The summed E-state index contributed by atoms with van der Waals surface area (Å²) in [5, 5.41) is 1.04. The number of aryl methyl sites for hydroxylation is 1. The van der Waals surface area contributed by atoms with E-state index in [1.165, 1.54) is 57.8 Å². The Kier molecular flexibility index (Phi) is 8.44. The lowest BCUT2D eigenvalue weighted by atomic mass is 9.68. The molecule has 0 heterocycles. The maximum absolute atomic E-state index is 14.9. The lowest BCUT2D eigenvalue weighted by molar-refractivity contribution is 0.142. The van der Waals surface area contributed by atoms with E-state index in [-0.39, 0.29) is 0 Å². The van der Waals surface area contributed by atoms with Gasteiger partial charge in [-0.15, -0.1) is 0 Å². The molecular formula is C30H40F2O. The van der Waals surface area contributed by atoms with E-state index in [0.717, 1.165) is 29.6 Å².